The number of nitrogens with zero attached hydrogens (tertiary/aromatic N) is 3. The van der Waals surface area contributed by atoms with Gasteiger partial charge in [0.05, 0.1) is 36.4 Å². The third-order valence-corrected chi connectivity index (χ3v) is 3.21. The first kappa shape index (κ1) is 17.3. The average Bonchev–Trinajstić information content (AvgIpc) is 2.85. The Morgan fingerprint density at radius 3 is 2.81 bits per heavy atom. The maximum atomic E-state index is 8.86. The number of aryl methyl sites for hydroxylation is 2. The van der Waals surface area contributed by atoms with Gasteiger partial charge in [-0.05, 0) is 25.3 Å². The normalized spacial score (nSPS) is 10.3. The van der Waals surface area contributed by atoms with Gasteiger partial charge in [-0.1, -0.05) is 0 Å². The molecule has 0 aliphatic rings. The molecule has 0 fully saturated rings. The molecule has 2 aromatic heterocycles. The van der Waals surface area contributed by atoms with Crippen LogP contribution in [-0.4, -0.2) is 21.3 Å². The lowest BCUT2D eigenvalue weighted by atomic mass is 10.1. The largest absolute Gasteiger partial charge is 1.00 e. The van der Waals surface area contributed by atoms with Crippen LogP contribution < -0.4 is 28.4 Å². The number of nitrogens with two attached hydrogens (primary N) is 2. The summed E-state index contributed by atoms with van der Waals surface area (Å²) in [6, 6.07) is 1.76. The summed E-state index contributed by atoms with van der Waals surface area (Å²) < 4.78 is 4.09. The highest BCUT2D eigenvalue weighted by atomic mass is 35.5. The Hall–Kier alpha value is -1.79. The Morgan fingerprint density at radius 1 is 1.29 bits per heavy atom. The summed E-state index contributed by atoms with van der Waals surface area (Å²) in [6.07, 6.45) is 10.6. The maximum Gasteiger partial charge on any atom is 0.243 e. The van der Waals surface area contributed by atoms with Crippen molar-refractivity contribution in [2.45, 2.75) is 32.4 Å². The summed E-state index contributed by atoms with van der Waals surface area (Å²) in [5.74, 6) is 0. The molecule has 0 saturated heterocycles. The first-order valence-corrected chi connectivity index (χ1v) is 6.84. The molecule has 0 amide bonds. The number of aliphatic hydroxyl groups excluding tert-OH is 1. The number of aliphatic hydroxyl groups is 1. The second-order valence-corrected chi connectivity index (χ2v) is 4.87. The number of unbranched alkanes of at least 4 members (excludes halogenated alkanes) is 1. The minimum absolute atomic E-state index is 0. The topological polar surface area (TPSA) is 94.0 Å². The number of nitrogen functional groups attached to an aromatic ring is 2. The Labute approximate surface area is 130 Å². The molecule has 0 aliphatic heterocycles. The Morgan fingerprint density at radius 2 is 2.10 bits per heavy atom. The van der Waals surface area contributed by atoms with Crippen molar-refractivity contribution in [3.8, 4) is 0 Å². The van der Waals surface area contributed by atoms with Crippen LogP contribution in [0.5, 0.6) is 0 Å². The predicted octanol–water partition coefficient (Wildman–Crippen LogP) is -2.65. The van der Waals surface area contributed by atoms with Gasteiger partial charge in [-0.2, -0.15) is 0 Å². The van der Waals surface area contributed by atoms with Gasteiger partial charge < -0.3 is 29.0 Å². The quantitative estimate of drug-likeness (QED) is 0.385. The summed E-state index contributed by atoms with van der Waals surface area (Å²) in [6.45, 7) is 1.75. The molecular formula is C14H22ClN5O. The van der Waals surface area contributed by atoms with Crippen LogP contribution in [0.3, 0.4) is 0 Å². The van der Waals surface area contributed by atoms with Crippen LogP contribution in [-0.2, 0) is 19.5 Å². The monoisotopic (exact) mass is 311 g/mol. The standard InChI is InChI=1S/C14H22N5O.ClH/c15-12-9-13(16)14(17-10-12)3-1-2-4-18-5-6-19(11-18)7-8-20;/h5-6,9-11,20H,1-4,7-8,15-16H2;1H/q+1;/p-1. The third kappa shape index (κ3) is 5.24. The van der Waals surface area contributed by atoms with E-state index < -0.39 is 0 Å². The molecule has 6 nitrogen and oxygen atoms in total. The molecule has 0 spiro atoms. The fourth-order valence-corrected chi connectivity index (χ4v) is 2.14. The molecule has 0 aromatic carbocycles. The highest BCUT2D eigenvalue weighted by Crippen LogP contribution is 2.14. The van der Waals surface area contributed by atoms with Crippen LogP contribution in [0.2, 0.25) is 0 Å². The van der Waals surface area contributed by atoms with E-state index in [-0.39, 0.29) is 19.0 Å². The SMILES string of the molecule is Nc1cnc(CCCC[n+]2ccn(CCO)c2)c(N)c1.[Cl-]. The number of hydrogen-bond acceptors (Lipinski definition) is 4. The lowest BCUT2D eigenvalue weighted by molar-refractivity contribution is -0.696. The third-order valence-electron chi connectivity index (χ3n) is 3.21. The minimum atomic E-state index is 0. The molecule has 0 aliphatic carbocycles. The molecule has 21 heavy (non-hydrogen) atoms. The fourth-order valence-electron chi connectivity index (χ4n) is 2.14. The molecular weight excluding hydrogens is 290 g/mol. The minimum Gasteiger partial charge on any atom is -1.00 e. The summed E-state index contributed by atoms with van der Waals surface area (Å²) in [5, 5.41) is 8.86. The first-order chi connectivity index (χ1) is 9.69. The summed E-state index contributed by atoms with van der Waals surface area (Å²) in [5.41, 5.74) is 13.7. The van der Waals surface area contributed by atoms with E-state index in [4.69, 9.17) is 16.6 Å². The highest BCUT2D eigenvalue weighted by molar-refractivity contribution is 5.52. The lowest BCUT2D eigenvalue weighted by Gasteiger charge is -2.04. The van der Waals surface area contributed by atoms with E-state index in [9.17, 15) is 0 Å². The van der Waals surface area contributed by atoms with Gasteiger partial charge in [0.2, 0.25) is 6.33 Å². The van der Waals surface area contributed by atoms with E-state index in [1.807, 2.05) is 23.3 Å². The van der Waals surface area contributed by atoms with Crippen molar-refractivity contribution in [2.24, 2.45) is 0 Å². The number of halogens is 1. The molecule has 0 bridgehead atoms. The predicted molar refractivity (Wildman–Crippen MR) is 77.7 cm³/mol. The molecule has 2 heterocycles. The van der Waals surface area contributed by atoms with Crippen molar-refractivity contribution >= 4 is 11.4 Å². The molecule has 2 rings (SSSR count). The lowest BCUT2D eigenvalue weighted by Crippen LogP contribution is -3.00. The van der Waals surface area contributed by atoms with Crippen molar-refractivity contribution in [2.75, 3.05) is 18.1 Å². The molecule has 5 N–H and O–H groups in total. The Kier molecular flexibility index (Phi) is 6.98. The smallest absolute Gasteiger partial charge is 0.243 e. The van der Waals surface area contributed by atoms with Gasteiger partial charge in [0.1, 0.15) is 18.9 Å². The number of hydrogen-bond donors (Lipinski definition) is 3. The van der Waals surface area contributed by atoms with Crippen LogP contribution in [0.1, 0.15) is 18.5 Å². The van der Waals surface area contributed by atoms with Gasteiger partial charge in [0, 0.05) is 0 Å². The summed E-state index contributed by atoms with van der Waals surface area (Å²) in [4.78, 5) is 4.26. The van der Waals surface area contributed by atoms with Crippen molar-refractivity contribution in [3.63, 3.8) is 0 Å². The zero-order chi connectivity index (χ0) is 14.4. The summed E-state index contributed by atoms with van der Waals surface area (Å²) in [7, 11) is 0. The van der Waals surface area contributed by atoms with E-state index in [0.717, 1.165) is 31.5 Å². The van der Waals surface area contributed by atoms with Gasteiger partial charge in [0.25, 0.3) is 0 Å². The van der Waals surface area contributed by atoms with E-state index in [2.05, 4.69) is 9.55 Å². The molecule has 116 valence electrons. The number of rotatable bonds is 7. The zero-order valence-electron chi connectivity index (χ0n) is 12.0. The molecule has 0 unspecified atom stereocenters. The van der Waals surface area contributed by atoms with Crippen LogP contribution in [0, 0.1) is 0 Å². The molecule has 0 saturated carbocycles. The average molecular weight is 312 g/mol. The Balaban J connectivity index is 0.00000220. The van der Waals surface area contributed by atoms with Crippen LogP contribution >= 0.6 is 0 Å². The van der Waals surface area contributed by atoms with E-state index in [0.29, 0.717) is 17.9 Å². The van der Waals surface area contributed by atoms with Gasteiger partial charge in [-0.25, -0.2) is 9.13 Å². The molecule has 7 heteroatoms. The Bertz CT molecular complexity index is 558. The molecule has 0 radical (unpaired) electrons. The fraction of sp³-hybridized carbons (Fsp3) is 0.429. The second kappa shape index (κ2) is 8.49. The van der Waals surface area contributed by atoms with E-state index in [1.54, 1.807) is 12.3 Å². The van der Waals surface area contributed by atoms with Crippen LogP contribution in [0.4, 0.5) is 11.4 Å². The van der Waals surface area contributed by atoms with Crippen LogP contribution in [0.15, 0.2) is 31.0 Å². The van der Waals surface area contributed by atoms with Gasteiger partial charge in [-0.15, -0.1) is 0 Å². The van der Waals surface area contributed by atoms with Gasteiger partial charge >= 0.3 is 0 Å². The molecule has 0 atom stereocenters. The van der Waals surface area contributed by atoms with Crippen LogP contribution in [0.25, 0.3) is 0 Å². The highest BCUT2D eigenvalue weighted by Gasteiger charge is 2.04. The van der Waals surface area contributed by atoms with Crippen molar-refractivity contribution < 1.29 is 22.1 Å². The second-order valence-electron chi connectivity index (χ2n) is 4.87. The van der Waals surface area contributed by atoms with Crippen molar-refractivity contribution in [1.29, 1.82) is 0 Å². The van der Waals surface area contributed by atoms with Crippen molar-refractivity contribution in [3.05, 3.63) is 36.7 Å². The maximum absolute atomic E-state index is 8.86. The number of anilines is 2. The van der Waals surface area contributed by atoms with Gasteiger partial charge in [0.15, 0.2) is 0 Å². The first-order valence-electron chi connectivity index (χ1n) is 6.84. The molecule has 2 aromatic rings. The number of imidazole rings is 1. The number of aromatic nitrogens is 3. The summed E-state index contributed by atoms with van der Waals surface area (Å²) >= 11 is 0. The zero-order valence-corrected chi connectivity index (χ0v) is 12.7. The van der Waals surface area contributed by atoms with E-state index in [1.165, 1.54) is 0 Å². The van der Waals surface area contributed by atoms with Crippen molar-refractivity contribution in [1.82, 2.24) is 9.55 Å². The van der Waals surface area contributed by atoms with Gasteiger partial charge in [-0.3, -0.25) is 4.98 Å². The van der Waals surface area contributed by atoms with E-state index >= 15 is 0 Å². The number of pyridine rings is 1.